The third-order valence-electron chi connectivity index (χ3n) is 4.53. The molecule has 4 nitrogen and oxygen atoms in total. The van der Waals surface area contributed by atoms with Crippen molar-refractivity contribution in [3.05, 3.63) is 73.1 Å². The highest BCUT2D eigenvalue weighted by molar-refractivity contribution is 7.99. The van der Waals surface area contributed by atoms with Crippen molar-refractivity contribution in [2.75, 3.05) is 11.5 Å². The SMILES string of the molecule is c1ccc(-c2nc(SCCCCCSc3ncc[nH]3)[nH]c2-c2ccccc2)cc1. The summed E-state index contributed by atoms with van der Waals surface area (Å²) in [6.07, 6.45) is 7.28. The predicted molar refractivity (Wildman–Crippen MR) is 123 cm³/mol. The van der Waals surface area contributed by atoms with E-state index in [0.717, 1.165) is 38.8 Å². The van der Waals surface area contributed by atoms with E-state index in [1.165, 1.54) is 24.8 Å². The molecule has 2 heterocycles. The number of hydrogen-bond donors (Lipinski definition) is 2. The van der Waals surface area contributed by atoms with E-state index in [1.54, 1.807) is 18.0 Å². The van der Waals surface area contributed by atoms with Gasteiger partial charge in [-0.05, 0) is 12.8 Å². The van der Waals surface area contributed by atoms with E-state index in [-0.39, 0.29) is 0 Å². The highest BCUT2D eigenvalue weighted by Gasteiger charge is 2.14. The number of thioether (sulfide) groups is 2. The Balaban J connectivity index is 1.34. The number of imidazole rings is 2. The van der Waals surface area contributed by atoms with Crippen LogP contribution in [0.3, 0.4) is 0 Å². The van der Waals surface area contributed by atoms with Crippen LogP contribution in [0, 0.1) is 0 Å². The lowest BCUT2D eigenvalue weighted by Gasteiger charge is -2.02. The van der Waals surface area contributed by atoms with Gasteiger partial charge in [0.15, 0.2) is 10.3 Å². The number of benzene rings is 2. The highest BCUT2D eigenvalue weighted by Crippen LogP contribution is 2.32. The summed E-state index contributed by atoms with van der Waals surface area (Å²) in [4.78, 5) is 15.8. The van der Waals surface area contributed by atoms with Gasteiger partial charge in [0, 0.05) is 35.0 Å². The van der Waals surface area contributed by atoms with Crippen LogP contribution in [0.15, 0.2) is 83.4 Å². The van der Waals surface area contributed by atoms with Crippen LogP contribution >= 0.6 is 23.5 Å². The van der Waals surface area contributed by atoms with Gasteiger partial charge in [0.1, 0.15) is 0 Å². The minimum Gasteiger partial charge on any atom is -0.340 e. The number of nitrogens with zero attached hydrogens (tertiary/aromatic N) is 2. The number of nitrogens with one attached hydrogen (secondary N) is 2. The molecular formula is C23H24N4S2. The highest BCUT2D eigenvalue weighted by atomic mass is 32.2. The molecule has 0 unspecified atom stereocenters. The molecule has 0 amide bonds. The Bertz CT molecular complexity index is 925. The van der Waals surface area contributed by atoms with Gasteiger partial charge in [-0.25, -0.2) is 9.97 Å². The van der Waals surface area contributed by atoms with Crippen LogP contribution in [0.5, 0.6) is 0 Å². The second kappa shape index (κ2) is 10.4. The van der Waals surface area contributed by atoms with Gasteiger partial charge in [0.2, 0.25) is 0 Å². The fourth-order valence-electron chi connectivity index (χ4n) is 3.09. The first-order chi connectivity index (χ1) is 14.4. The van der Waals surface area contributed by atoms with Crippen molar-refractivity contribution in [2.24, 2.45) is 0 Å². The number of H-pyrrole nitrogens is 2. The van der Waals surface area contributed by atoms with Crippen LogP contribution in [-0.4, -0.2) is 31.4 Å². The lowest BCUT2D eigenvalue weighted by Crippen LogP contribution is -1.86. The Morgan fingerprint density at radius 1 is 0.724 bits per heavy atom. The van der Waals surface area contributed by atoms with Crippen molar-refractivity contribution in [1.29, 1.82) is 0 Å². The first-order valence-electron chi connectivity index (χ1n) is 9.86. The summed E-state index contributed by atoms with van der Waals surface area (Å²) < 4.78 is 0. The topological polar surface area (TPSA) is 57.4 Å². The molecule has 2 aromatic carbocycles. The summed E-state index contributed by atoms with van der Waals surface area (Å²) in [7, 11) is 0. The van der Waals surface area contributed by atoms with E-state index in [2.05, 4.69) is 63.5 Å². The molecule has 2 aromatic heterocycles. The smallest absolute Gasteiger partial charge is 0.166 e. The molecule has 4 aromatic rings. The largest absolute Gasteiger partial charge is 0.340 e. The summed E-state index contributed by atoms with van der Waals surface area (Å²) >= 11 is 3.60. The van der Waals surface area contributed by atoms with Gasteiger partial charge in [0.05, 0.1) is 11.4 Å². The first-order valence-corrected chi connectivity index (χ1v) is 11.8. The molecule has 4 rings (SSSR count). The summed E-state index contributed by atoms with van der Waals surface area (Å²) in [6, 6.07) is 20.8. The molecule has 0 saturated heterocycles. The molecule has 148 valence electrons. The molecular weight excluding hydrogens is 396 g/mol. The molecule has 0 aliphatic heterocycles. The van der Waals surface area contributed by atoms with Gasteiger partial charge in [0.25, 0.3) is 0 Å². The molecule has 0 saturated carbocycles. The molecule has 2 N–H and O–H groups in total. The van der Waals surface area contributed by atoms with Crippen LogP contribution in [0.25, 0.3) is 22.5 Å². The molecule has 0 aliphatic carbocycles. The van der Waals surface area contributed by atoms with Crippen molar-refractivity contribution in [2.45, 2.75) is 29.6 Å². The Kier molecular flexibility index (Phi) is 7.10. The molecule has 0 radical (unpaired) electrons. The summed E-state index contributed by atoms with van der Waals surface area (Å²) in [5.74, 6) is 2.18. The molecule has 6 heteroatoms. The second-order valence-corrected chi connectivity index (χ2v) is 8.82. The Hall–Kier alpha value is -2.44. The van der Waals surface area contributed by atoms with E-state index in [0.29, 0.717) is 0 Å². The van der Waals surface area contributed by atoms with Crippen molar-refractivity contribution >= 4 is 23.5 Å². The zero-order valence-corrected chi connectivity index (χ0v) is 17.8. The maximum Gasteiger partial charge on any atom is 0.166 e. The van der Waals surface area contributed by atoms with Gasteiger partial charge >= 0.3 is 0 Å². The number of hydrogen-bond acceptors (Lipinski definition) is 4. The molecule has 0 bridgehead atoms. The van der Waals surface area contributed by atoms with Gasteiger partial charge in [-0.2, -0.15) is 0 Å². The van der Waals surface area contributed by atoms with Crippen LogP contribution in [0.4, 0.5) is 0 Å². The third-order valence-corrected chi connectivity index (χ3v) is 6.48. The number of rotatable bonds is 10. The average molecular weight is 421 g/mol. The number of unbranched alkanes of at least 4 members (excludes halogenated alkanes) is 2. The maximum absolute atomic E-state index is 4.92. The standard InChI is InChI=1S/C23H24N4S2/c1-4-10-18(11-5-1)20-21(19-12-6-2-7-13-19)27-23(26-20)29-17-9-3-8-16-28-22-24-14-15-25-22/h1-2,4-7,10-15H,3,8-9,16-17H2,(H,24,25)(H,26,27). The van der Waals surface area contributed by atoms with Crippen molar-refractivity contribution in [1.82, 2.24) is 19.9 Å². The van der Waals surface area contributed by atoms with Crippen LogP contribution < -0.4 is 0 Å². The Morgan fingerprint density at radius 2 is 1.38 bits per heavy atom. The van der Waals surface area contributed by atoms with Gasteiger partial charge in [-0.3, -0.25) is 0 Å². The quantitative estimate of drug-likeness (QED) is 0.226. The van der Waals surface area contributed by atoms with Gasteiger partial charge < -0.3 is 9.97 Å². The molecule has 0 aliphatic rings. The Labute approximate surface area is 180 Å². The maximum atomic E-state index is 4.92. The number of aromatic nitrogens is 4. The fraction of sp³-hybridized carbons (Fsp3) is 0.217. The van der Waals surface area contributed by atoms with E-state index in [4.69, 9.17) is 4.98 Å². The zero-order chi connectivity index (χ0) is 19.7. The van der Waals surface area contributed by atoms with Crippen molar-refractivity contribution < 1.29 is 0 Å². The molecule has 29 heavy (non-hydrogen) atoms. The molecule has 0 atom stereocenters. The Morgan fingerprint density at radius 3 is 2.03 bits per heavy atom. The lowest BCUT2D eigenvalue weighted by atomic mass is 10.1. The number of aromatic amines is 2. The van der Waals surface area contributed by atoms with Crippen LogP contribution in [0.2, 0.25) is 0 Å². The van der Waals surface area contributed by atoms with E-state index in [1.807, 2.05) is 30.1 Å². The fourth-order valence-corrected chi connectivity index (χ4v) is 4.79. The van der Waals surface area contributed by atoms with E-state index in [9.17, 15) is 0 Å². The second-order valence-electron chi connectivity index (χ2n) is 6.65. The summed E-state index contributed by atoms with van der Waals surface area (Å²) in [5.41, 5.74) is 4.42. The minimum atomic E-state index is 0.993. The normalized spacial score (nSPS) is 11.0. The summed E-state index contributed by atoms with van der Waals surface area (Å²) in [6.45, 7) is 0. The summed E-state index contributed by atoms with van der Waals surface area (Å²) in [5, 5.41) is 2.00. The zero-order valence-electron chi connectivity index (χ0n) is 16.2. The third kappa shape index (κ3) is 5.55. The lowest BCUT2D eigenvalue weighted by molar-refractivity contribution is 0.783. The predicted octanol–water partition coefficient (Wildman–Crippen LogP) is 6.52. The van der Waals surface area contributed by atoms with Crippen molar-refractivity contribution in [3.8, 4) is 22.5 Å². The van der Waals surface area contributed by atoms with Gasteiger partial charge in [-0.15, -0.1) is 0 Å². The minimum absolute atomic E-state index is 0.993. The average Bonchev–Trinajstić information content (AvgIpc) is 3.44. The van der Waals surface area contributed by atoms with Crippen LogP contribution in [-0.2, 0) is 0 Å². The van der Waals surface area contributed by atoms with E-state index >= 15 is 0 Å². The van der Waals surface area contributed by atoms with Crippen LogP contribution in [0.1, 0.15) is 19.3 Å². The van der Waals surface area contributed by atoms with Gasteiger partial charge in [-0.1, -0.05) is 90.6 Å². The van der Waals surface area contributed by atoms with Crippen molar-refractivity contribution in [3.63, 3.8) is 0 Å². The monoisotopic (exact) mass is 420 g/mol. The molecule has 0 spiro atoms. The van der Waals surface area contributed by atoms with E-state index < -0.39 is 0 Å². The first kappa shape index (κ1) is 19.9. The molecule has 0 fully saturated rings.